The lowest BCUT2D eigenvalue weighted by Gasteiger charge is -2.15. The number of rotatable bonds is 6. The molecule has 118 valence electrons. The summed E-state index contributed by atoms with van der Waals surface area (Å²) in [4.78, 5) is 15.9. The Kier molecular flexibility index (Phi) is 6.49. The number of ether oxygens (including phenoxy) is 1. The fourth-order valence-corrected chi connectivity index (χ4v) is 3.58. The number of hydrogen-bond donors (Lipinski definition) is 1. The van der Waals surface area contributed by atoms with Gasteiger partial charge in [-0.2, -0.15) is 0 Å². The Morgan fingerprint density at radius 2 is 2.29 bits per heavy atom. The van der Waals surface area contributed by atoms with Crippen molar-refractivity contribution in [2.45, 2.75) is 64.8 Å². The molecule has 21 heavy (non-hydrogen) atoms. The van der Waals surface area contributed by atoms with Crippen LogP contribution in [0.4, 0.5) is 5.13 Å². The number of hydrogen-bond acceptors (Lipinski definition) is 5. The van der Waals surface area contributed by atoms with Crippen LogP contribution in [0.15, 0.2) is 5.38 Å². The van der Waals surface area contributed by atoms with Crippen LogP contribution in [0, 0.1) is 5.92 Å². The maximum absolute atomic E-state index is 11.3. The third-order valence-electron chi connectivity index (χ3n) is 4.03. The van der Waals surface area contributed by atoms with Gasteiger partial charge in [-0.25, -0.2) is 4.98 Å². The van der Waals surface area contributed by atoms with E-state index in [0.717, 1.165) is 16.7 Å². The van der Waals surface area contributed by atoms with Crippen molar-refractivity contribution in [1.82, 2.24) is 4.98 Å². The fourth-order valence-electron chi connectivity index (χ4n) is 2.76. The molecule has 1 saturated carbocycles. The van der Waals surface area contributed by atoms with Crippen molar-refractivity contribution in [1.29, 1.82) is 0 Å². The van der Waals surface area contributed by atoms with E-state index in [2.05, 4.69) is 17.2 Å². The summed E-state index contributed by atoms with van der Waals surface area (Å²) in [6.45, 7) is 4.62. The van der Waals surface area contributed by atoms with E-state index >= 15 is 0 Å². The van der Waals surface area contributed by atoms with Crippen molar-refractivity contribution < 1.29 is 9.53 Å². The predicted octanol–water partition coefficient (Wildman–Crippen LogP) is 4.02. The Morgan fingerprint density at radius 3 is 3.10 bits per heavy atom. The molecule has 5 heteroatoms. The normalized spacial score (nSPS) is 22.6. The summed E-state index contributed by atoms with van der Waals surface area (Å²) in [5, 5.41) is 6.60. The summed E-state index contributed by atoms with van der Waals surface area (Å²) in [6.07, 6.45) is 7.51. The van der Waals surface area contributed by atoms with E-state index in [1.54, 1.807) is 11.3 Å². The average molecular weight is 310 g/mol. The smallest absolute Gasteiger partial charge is 0.306 e. The Balaban J connectivity index is 1.78. The molecule has 4 nitrogen and oxygen atoms in total. The SMILES string of the molecule is CCOC(=O)CCc1csc(NC2CCCC(C)CC2)n1. The van der Waals surface area contributed by atoms with Crippen LogP contribution in [-0.2, 0) is 16.0 Å². The fraction of sp³-hybridized carbons (Fsp3) is 0.750. The van der Waals surface area contributed by atoms with Gasteiger partial charge in [0.15, 0.2) is 5.13 Å². The molecule has 1 fully saturated rings. The second-order valence-electron chi connectivity index (χ2n) is 5.90. The van der Waals surface area contributed by atoms with E-state index in [-0.39, 0.29) is 5.97 Å². The van der Waals surface area contributed by atoms with E-state index in [4.69, 9.17) is 4.74 Å². The molecule has 1 heterocycles. The molecule has 2 atom stereocenters. The molecule has 1 aliphatic carbocycles. The Labute approximate surface area is 131 Å². The van der Waals surface area contributed by atoms with E-state index in [1.807, 2.05) is 12.3 Å². The number of carbonyl (C=O) groups is 1. The highest BCUT2D eigenvalue weighted by molar-refractivity contribution is 7.13. The predicted molar refractivity (Wildman–Crippen MR) is 86.7 cm³/mol. The average Bonchev–Trinajstić information content (AvgIpc) is 2.80. The summed E-state index contributed by atoms with van der Waals surface area (Å²) in [6, 6.07) is 0.555. The number of anilines is 1. The van der Waals surface area contributed by atoms with Gasteiger partial charge in [-0.15, -0.1) is 11.3 Å². The highest BCUT2D eigenvalue weighted by Gasteiger charge is 2.17. The molecule has 1 aliphatic rings. The Morgan fingerprint density at radius 1 is 1.43 bits per heavy atom. The number of nitrogens with zero attached hydrogens (tertiary/aromatic N) is 1. The zero-order valence-corrected chi connectivity index (χ0v) is 13.9. The minimum Gasteiger partial charge on any atom is -0.466 e. The molecule has 0 bridgehead atoms. The highest BCUT2D eigenvalue weighted by Crippen LogP contribution is 2.26. The molecule has 0 amide bonds. The number of nitrogens with one attached hydrogen (secondary N) is 1. The third kappa shape index (κ3) is 5.65. The maximum atomic E-state index is 11.3. The molecule has 2 rings (SSSR count). The first-order valence-corrected chi connectivity index (χ1v) is 8.92. The second-order valence-corrected chi connectivity index (χ2v) is 6.76. The molecule has 0 aromatic carbocycles. The monoisotopic (exact) mass is 310 g/mol. The van der Waals surface area contributed by atoms with Crippen LogP contribution in [0.5, 0.6) is 0 Å². The van der Waals surface area contributed by atoms with Gasteiger partial charge in [0.1, 0.15) is 0 Å². The lowest BCUT2D eigenvalue weighted by molar-refractivity contribution is -0.143. The van der Waals surface area contributed by atoms with Gasteiger partial charge in [0, 0.05) is 17.8 Å². The number of aromatic nitrogens is 1. The molecule has 0 saturated heterocycles. The topological polar surface area (TPSA) is 51.2 Å². The molecule has 1 aromatic heterocycles. The van der Waals surface area contributed by atoms with Gasteiger partial charge in [-0.05, 0) is 32.1 Å². The molecule has 2 unspecified atom stereocenters. The van der Waals surface area contributed by atoms with E-state index in [0.29, 0.717) is 25.5 Å². The van der Waals surface area contributed by atoms with Crippen LogP contribution in [0.3, 0.4) is 0 Å². The second kappa shape index (κ2) is 8.37. The largest absolute Gasteiger partial charge is 0.466 e. The Hall–Kier alpha value is -1.10. The van der Waals surface area contributed by atoms with Crippen LogP contribution in [0.2, 0.25) is 0 Å². The lowest BCUT2D eigenvalue weighted by Crippen LogP contribution is -2.18. The minimum absolute atomic E-state index is 0.141. The first kappa shape index (κ1) is 16.3. The quantitative estimate of drug-likeness (QED) is 0.637. The van der Waals surface area contributed by atoms with Crippen molar-refractivity contribution >= 4 is 22.4 Å². The molecule has 1 N–H and O–H groups in total. The molecule has 0 spiro atoms. The first-order chi connectivity index (χ1) is 10.2. The first-order valence-electron chi connectivity index (χ1n) is 8.04. The van der Waals surface area contributed by atoms with E-state index < -0.39 is 0 Å². The van der Waals surface area contributed by atoms with E-state index in [9.17, 15) is 4.79 Å². The van der Waals surface area contributed by atoms with Crippen LogP contribution in [0.25, 0.3) is 0 Å². The van der Waals surface area contributed by atoms with Gasteiger partial charge in [-0.3, -0.25) is 4.79 Å². The van der Waals surface area contributed by atoms with Crippen molar-refractivity contribution in [3.8, 4) is 0 Å². The molecule has 0 radical (unpaired) electrons. The molecule has 1 aromatic rings. The van der Waals surface area contributed by atoms with Crippen LogP contribution in [0.1, 0.15) is 58.1 Å². The number of thiazole rings is 1. The van der Waals surface area contributed by atoms with Crippen molar-refractivity contribution in [3.05, 3.63) is 11.1 Å². The maximum Gasteiger partial charge on any atom is 0.306 e. The standard InChI is InChI=1S/C16H26N2O2S/c1-3-20-15(19)10-9-14-11-21-16(18-14)17-13-6-4-5-12(2)7-8-13/h11-13H,3-10H2,1-2H3,(H,17,18). The minimum atomic E-state index is -0.141. The molecular formula is C16H26N2O2S. The third-order valence-corrected chi connectivity index (χ3v) is 4.85. The van der Waals surface area contributed by atoms with E-state index in [1.165, 1.54) is 32.1 Å². The van der Waals surface area contributed by atoms with Crippen LogP contribution >= 0.6 is 11.3 Å². The number of carbonyl (C=O) groups excluding carboxylic acids is 1. The van der Waals surface area contributed by atoms with Gasteiger partial charge < -0.3 is 10.1 Å². The summed E-state index contributed by atoms with van der Waals surface area (Å²) in [7, 11) is 0. The molecular weight excluding hydrogens is 284 g/mol. The summed E-state index contributed by atoms with van der Waals surface area (Å²) in [5.74, 6) is 0.714. The summed E-state index contributed by atoms with van der Waals surface area (Å²) >= 11 is 1.64. The zero-order valence-electron chi connectivity index (χ0n) is 13.1. The van der Waals surface area contributed by atoms with Gasteiger partial charge in [0.05, 0.1) is 18.7 Å². The summed E-state index contributed by atoms with van der Waals surface area (Å²) in [5.41, 5.74) is 0.984. The number of aryl methyl sites for hydroxylation is 1. The summed E-state index contributed by atoms with van der Waals surface area (Å²) < 4.78 is 4.94. The van der Waals surface area contributed by atoms with Crippen LogP contribution in [-0.4, -0.2) is 23.6 Å². The zero-order chi connectivity index (χ0) is 15.1. The highest BCUT2D eigenvalue weighted by atomic mass is 32.1. The number of esters is 1. The van der Waals surface area contributed by atoms with Gasteiger partial charge in [-0.1, -0.05) is 19.8 Å². The van der Waals surface area contributed by atoms with Crippen LogP contribution < -0.4 is 5.32 Å². The lowest BCUT2D eigenvalue weighted by atomic mass is 10.0. The van der Waals surface area contributed by atoms with Crippen molar-refractivity contribution in [2.24, 2.45) is 5.92 Å². The Bertz CT molecular complexity index is 447. The van der Waals surface area contributed by atoms with Gasteiger partial charge in [0.2, 0.25) is 0 Å². The van der Waals surface area contributed by atoms with Gasteiger partial charge in [0.25, 0.3) is 0 Å². The van der Waals surface area contributed by atoms with Crippen molar-refractivity contribution in [2.75, 3.05) is 11.9 Å². The van der Waals surface area contributed by atoms with Crippen molar-refractivity contribution in [3.63, 3.8) is 0 Å². The molecule has 0 aliphatic heterocycles. The van der Waals surface area contributed by atoms with Gasteiger partial charge >= 0.3 is 5.97 Å².